The van der Waals surface area contributed by atoms with Gasteiger partial charge in [0, 0.05) is 12.3 Å². The van der Waals surface area contributed by atoms with E-state index in [-0.39, 0.29) is 17.1 Å². The number of benzene rings is 1. The molecule has 1 amide bonds. The quantitative estimate of drug-likeness (QED) is 0.573. The van der Waals surface area contributed by atoms with E-state index in [1.807, 2.05) is 0 Å². The first-order chi connectivity index (χ1) is 11.7. The monoisotopic (exact) mass is 348 g/mol. The molecule has 10 heteroatoms. The predicted molar refractivity (Wildman–Crippen MR) is 86.4 cm³/mol. The molecule has 0 aliphatic heterocycles. The third-order valence-corrected chi connectivity index (χ3v) is 3.38. The minimum absolute atomic E-state index is 0.0228. The average Bonchev–Trinajstić information content (AvgIpc) is 3.02. The van der Waals surface area contributed by atoms with Gasteiger partial charge < -0.3 is 15.2 Å². The van der Waals surface area contributed by atoms with Gasteiger partial charge in [0.25, 0.3) is 5.91 Å². The normalized spacial score (nSPS) is 11.0. The molecule has 1 aromatic heterocycles. The first-order valence-electron chi connectivity index (χ1n) is 7.16. The summed E-state index contributed by atoms with van der Waals surface area (Å²) in [7, 11) is 0. The number of nitro groups is 1. The van der Waals surface area contributed by atoms with Gasteiger partial charge in [0.1, 0.15) is 0 Å². The third kappa shape index (κ3) is 4.10. The van der Waals surface area contributed by atoms with Crippen molar-refractivity contribution in [2.45, 2.75) is 19.4 Å². The number of anilines is 1. The van der Waals surface area contributed by atoms with E-state index >= 15 is 0 Å². The molecule has 0 radical (unpaired) electrons. The number of hydrogen-bond donors (Lipinski definition) is 2. The van der Waals surface area contributed by atoms with Crippen molar-refractivity contribution in [3.8, 4) is 5.75 Å². The zero-order valence-corrected chi connectivity index (χ0v) is 13.5. The Morgan fingerprint density at radius 3 is 2.72 bits per heavy atom. The Kier molecular flexibility index (Phi) is 5.01. The van der Waals surface area contributed by atoms with E-state index in [0.717, 1.165) is 0 Å². The number of aromatic nitrogens is 2. The number of nitrogens with zero attached hydrogens (tertiary/aromatic N) is 3. The first kappa shape index (κ1) is 17.9. The summed E-state index contributed by atoms with van der Waals surface area (Å²) in [5, 5.41) is 26.4. The zero-order chi connectivity index (χ0) is 18.6. The number of ether oxygens (including phenoxy) is 1. The predicted octanol–water partition coefficient (Wildman–Crippen LogP) is 1.63. The van der Waals surface area contributed by atoms with Gasteiger partial charge in [-0.1, -0.05) is 12.1 Å². The van der Waals surface area contributed by atoms with Gasteiger partial charge in [-0.15, -0.1) is 0 Å². The van der Waals surface area contributed by atoms with Crippen LogP contribution in [0.2, 0.25) is 0 Å². The molecule has 0 saturated heterocycles. The Labute approximate surface area is 142 Å². The number of para-hydroxylation sites is 2. The maximum Gasteiger partial charge on any atom is 0.331 e. The van der Waals surface area contributed by atoms with Gasteiger partial charge in [-0.2, -0.15) is 5.10 Å². The zero-order valence-electron chi connectivity index (χ0n) is 13.5. The highest BCUT2D eigenvalue weighted by molar-refractivity contribution is 5.91. The van der Waals surface area contributed by atoms with Crippen LogP contribution in [0.5, 0.6) is 5.75 Å². The smallest absolute Gasteiger partial charge is 0.331 e. The topological polar surface area (TPSA) is 137 Å². The highest BCUT2D eigenvalue weighted by Crippen LogP contribution is 2.25. The number of nitro benzene ring substituents is 1. The molecule has 1 aromatic carbocycles. The van der Waals surface area contributed by atoms with E-state index < -0.39 is 28.9 Å². The number of hydrogen-bond acceptors (Lipinski definition) is 6. The Balaban J connectivity index is 1.99. The first-order valence-corrected chi connectivity index (χ1v) is 7.16. The maximum absolute atomic E-state index is 11.9. The van der Waals surface area contributed by atoms with Crippen LogP contribution in [-0.4, -0.2) is 38.3 Å². The molecule has 1 heterocycles. The highest BCUT2D eigenvalue weighted by atomic mass is 16.6. The number of aliphatic carboxylic acids is 1. The molecule has 0 bridgehead atoms. The molecule has 0 aliphatic rings. The second-order valence-electron chi connectivity index (χ2n) is 5.60. The minimum Gasteiger partial charge on any atom is -0.479 e. The van der Waals surface area contributed by atoms with Crippen LogP contribution in [0.4, 0.5) is 11.4 Å². The molecule has 25 heavy (non-hydrogen) atoms. The molecular formula is C15H16N4O6. The van der Waals surface area contributed by atoms with Crippen molar-refractivity contribution in [1.29, 1.82) is 0 Å². The number of amides is 1. The number of carboxylic acid groups (broad SMARTS) is 1. The van der Waals surface area contributed by atoms with Crippen LogP contribution < -0.4 is 10.1 Å². The van der Waals surface area contributed by atoms with Crippen molar-refractivity contribution in [2.75, 3.05) is 11.9 Å². The standard InChI is InChI=1S/C15H16N4O6/c1-15(2,14(21)22)18-8-10(7-16-18)17-13(20)9-25-12-6-4-3-5-11(12)19(23)24/h3-8H,9H2,1-2H3,(H,17,20)(H,21,22). The van der Waals surface area contributed by atoms with Gasteiger partial charge in [-0.3, -0.25) is 19.6 Å². The van der Waals surface area contributed by atoms with Crippen molar-refractivity contribution < 1.29 is 24.4 Å². The van der Waals surface area contributed by atoms with Crippen molar-refractivity contribution in [2.24, 2.45) is 0 Å². The Morgan fingerprint density at radius 2 is 2.08 bits per heavy atom. The van der Waals surface area contributed by atoms with Crippen LogP contribution in [0.15, 0.2) is 36.7 Å². The van der Waals surface area contributed by atoms with Crippen LogP contribution in [0, 0.1) is 10.1 Å². The summed E-state index contributed by atoms with van der Waals surface area (Å²) in [6.07, 6.45) is 2.67. The van der Waals surface area contributed by atoms with Gasteiger partial charge in [0.15, 0.2) is 17.9 Å². The Bertz CT molecular complexity index is 814. The molecule has 2 aromatic rings. The average molecular weight is 348 g/mol. The minimum atomic E-state index is -1.27. The lowest BCUT2D eigenvalue weighted by molar-refractivity contribution is -0.385. The molecule has 2 rings (SSSR count). The van der Waals surface area contributed by atoms with Gasteiger partial charge in [0.05, 0.1) is 16.8 Å². The fourth-order valence-corrected chi connectivity index (χ4v) is 1.86. The molecule has 132 valence electrons. The van der Waals surface area contributed by atoms with Crippen molar-refractivity contribution in [1.82, 2.24) is 9.78 Å². The van der Waals surface area contributed by atoms with Crippen LogP contribution in [0.25, 0.3) is 0 Å². The number of carbonyl (C=O) groups is 2. The lowest BCUT2D eigenvalue weighted by atomic mass is 10.1. The lowest BCUT2D eigenvalue weighted by Crippen LogP contribution is -2.35. The van der Waals surface area contributed by atoms with E-state index in [1.54, 1.807) is 6.07 Å². The highest BCUT2D eigenvalue weighted by Gasteiger charge is 2.30. The van der Waals surface area contributed by atoms with Crippen LogP contribution in [0.1, 0.15) is 13.8 Å². The van der Waals surface area contributed by atoms with Gasteiger partial charge in [-0.25, -0.2) is 4.79 Å². The number of carboxylic acids is 1. The molecule has 10 nitrogen and oxygen atoms in total. The third-order valence-electron chi connectivity index (χ3n) is 3.38. The van der Waals surface area contributed by atoms with Crippen LogP contribution in [0.3, 0.4) is 0 Å². The summed E-state index contributed by atoms with van der Waals surface area (Å²) in [6.45, 7) is 2.48. The fourth-order valence-electron chi connectivity index (χ4n) is 1.86. The molecular weight excluding hydrogens is 332 g/mol. The van der Waals surface area contributed by atoms with Gasteiger partial charge in [-0.05, 0) is 19.9 Å². The summed E-state index contributed by atoms with van der Waals surface area (Å²) in [4.78, 5) is 33.3. The Hall–Kier alpha value is -3.43. The maximum atomic E-state index is 11.9. The van der Waals surface area contributed by atoms with E-state index in [9.17, 15) is 19.7 Å². The molecule has 2 N–H and O–H groups in total. The summed E-state index contributed by atoms with van der Waals surface area (Å²) in [5.74, 6) is -1.66. The van der Waals surface area contributed by atoms with Gasteiger partial charge in [0.2, 0.25) is 0 Å². The number of rotatable bonds is 7. The van der Waals surface area contributed by atoms with E-state index in [0.29, 0.717) is 0 Å². The largest absolute Gasteiger partial charge is 0.479 e. The van der Waals surface area contributed by atoms with Gasteiger partial charge >= 0.3 is 11.7 Å². The Morgan fingerprint density at radius 1 is 1.40 bits per heavy atom. The van der Waals surface area contributed by atoms with Crippen LogP contribution in [-0.2, 0) is 15.1 Å². The molecule has 0 atom stereocenters. The summed E-state index contributed by atoms with van der Waals surface area (Å²) in [5.41, 5.74) is -1.23. The molecule has 0 saturated carbocycles. The second-order valence-corrected chi connectivity index (χ2v) is 5.60. The second kappa shape index (κ2) is 6.99. The molecule has 0 unspecified atom stereocenters. The van der Waals surface area contributed by atoms with E-state index in [1.165, 1.54) is 49.1 Å². The fraction of sp³-hybridized carbons (Fsp3) is 0.267. The molecule has 0 aliphatic carbocycles. The number of carbonyl (C=O) groups excluding carboxylic acids is 1. The summed E-state index contributed by atoms with van der Waals surface area (Å²) >= 11 is 0. The van der Waals surface area contributed by atoms with E-state index in [4.69, 9.17) is 9.84 Å². The lowest BCUT2D eigenvalue weighted by Gasteiger charge is -2.19. The SMILES string of the molecule is CC(C)(C(=O)O)n1cc(NC(=O)COc2ccccc2[N+](=O)[O-])cn1. The number of nitrogens with one attached hydrogen (secondary N) is 1. The van der Waals surface area contributed by atoms with Crippen LogP contribution >= 0.6 is 0 Å². The molecule has 0 fully saturated rings. The van der Waals surface area contributed by atoms with E-state index in [2.05, 4.69) is 10.4 Å². The molecule has 0 spiro atoms. The van der Waals surface area contributed by atoms with Crippen molar-refractivity contribution >= 4 is 23.3 Å². The summed E-state index contributed by atoms with van der Waals surface area (Å²) in [6, 6.07) is 5.70. The van der Waals surface area contributed by atoms with Crippen molar-refractivity contribution in [3.05, 3.63) is 46.8 Å². The van der Waals surface area contributed by atoms with Crippen molar-refractivity contribution in [3.63, 3.8) is 0 Å². The summed E-state index contributed by atoms with van der Waals surface area (Å²) < 4.78 is 6.37.